The predicted octanol–water partition coefficient (Wildman–Crippen LogP) is 2.51. The van der Waals surface area contributed by atoms with Gasteiger partial charge in [-0.3, -0.25) is 0 Å². The molecule has 0 amide bonds. The summed E-state index contributed by atoms with van der Waals surface area (Å²) in [5, 5.41) is 3.25. The fourth-order valence-electron chi connectivity index (χ4n) is 1.96. The van der Waals surface area contributed by atoms with Crippen molar-refractivity contribution in [3.05, 3.63) is 23.9 Å². The van der Waals surface area contributed by atoms with Gasteiger partial charge in [0, 0.05) is 18.3 Å². The van der Waals surface area contributed by atoms with E-state index in [1.807, 2.05) is 19.3 Å². The first-order valence-electron chi connectivity index (χ1n) is 6.29. The molecule has 0 spiro atoms. The van der Waals surface area contributed by atoms with Crippen molar-refractivity contribution in [2.75, 3.05) is 7.05 Å². The molecule has 0 unspecified atom stereocenters. The molecule has 0 aliphatic heterocycles. The van der Waals surface area contributed by atoms with Crippen LogP contribution in [0.3, 0.4) is 0 Å². The number of hydrogen-bond donors (Lipinski definition) is 1. The van der Waals surface area contributed by atoms with Gasteiger partial charge in [0.1, 0.15) is 6.10 Å². The van der Waals surface area contributed by atoms with Crippen molar-refractivity contribution in [2.45, 2.75) is 51.2 Å². The summed E-state index contributed by atoms with van der Waals surface area (Å²) < 4.78 is 5.80. The van der Waals surface area contributed by atoms with Gasteiger partial charge in [-0.1, -0.05) is 26.8 Å². The Hall–Kier alpha value is -1.09. The van der Waals surface area contributed by atoms with Crippen molar-refractivity contribution < 1.29 is 4.74 Å². The third-order valence-corrected chi connectivity index (χ3v) is 3.39. The minimum absolute atomic E-state index is 0.152. The van der Waals surface area contributed by atoms with E-state index in [2.05, 4.69) is 37.1 Å². The molecule has 1 fully saturated rings. The molecule has 1 aliphatic rings. The van der Waals surface area contributed by atoms with Crippen LogP contribution in [-0.2, 0) is 5.41 Å². The average Bonchev–Trinajstić information content (AvgIpc) is 2.22. The molecular weight excluding hydrogens is 212 g/mol. The monoisotopic (exact) mass is 234 g/mol. The number of nitrogens with one attached hydrogen (secondary N) is 1. The number of ether oxygens (including phenoxy) is 1. The molecule has 94 valence electrons. The Balaban J connectivity index is 1.91. The molecule has 1 aromatic heterocycles. The highest BCUT2D eigenvalue weighted by Gasteiger charge is 2.29. The summed E-state index contributed by atoms with van der Waals surface area (Å²) in [4.78, 5) is 4.38. The van der Waals surface area contributed by atoms with Gasteiger partial charge in [-0.25, -0.2) is 4.98 Å². The number of pyridine rings is 1. The van der Waals surface area contributed by atoms with E-state index in [0.717, 1.165) is 18.7 Å². The van der Waals surface area contributed by atoms with E-state index in [1.54, 1.807) is 0 Å². The predicted molar refractivity (Wildman–Crippen MR) is 69.4 cm³/mol. The van der Waals surface area contributed by atoms with Crippen LogP contribution in [-0.4, -0.2) is 24.2 Å². The molecule has 0 atom stereocenters. The quantitative estimate of drug-likeness (QED) is 0.872. The highest BCUT2D eigenvalue weighted by molar-refractivity contribution is 5.23. The van der Waals surface area contributed by atoms with E-state index in [4.69, 9.17) is 4.74 Å². The maximum Gasteiger partial charge on any atom is 0.213 e. The van der Waals surface area contributed by atoms with Gasteiger partial charge >= 0.3 is 0 Å². The normalized spacial score (nSPS) is 24.2. The first-order valence-corrected chi connectivity index (χ1v) is 6.29. The van der Waals surface area contributed by atoms with Gasteiger partial charge in [-0.05, 0) is 30.9 Å². The van der Waals surface area contributed by atoms with Gasteiger partial charge in [0.15, 0.2) is 0 Å². The Kier molecular flexibility index (Phi) is 3.38. The van der Waals surface area contributed by atoms with Crippen molar-refractivity contribution in [2.24, 2.45) is 0 Å². The summed E-state index contributed by atoms with van der Waals surface area (Å²) in [6.45, 7) is 6.57. The second kappa shape index (κ2) is 4.65. The van der Waals surface area contributed by atoms with Gasteiger partial charge in [0.05, 0.1) is 0 Å². The van der Waals surface area contributed by atoms with Crippen LogP contribution in [0.1, 0.15) is 39.2 Å². The third-order valence-electron chi connectivity index (χ3n) is 3.39. The van der Waals surface area contributed by atoms with Crippen molar-refractivity contribution in [3.8, 4) is 5.88 Å². The number of rotatable bonds is 3. The summed E-state index contributed by atoms with van der Waals surface area (Å²) in [5.41, 5.74) is 1.39. The van der Waals surface area contributed by atoms with Crippen LogP contribution < -0.4 is 10.1 Å². The molecule has 0 radical (unpaired) electrons. The van der Waals surface area contributed by atoms with Gasteiger partial charge in [0.25, 0.3) is 0 Å². The molecule has 1 N–H and O–H groups in total. The Morgan fingerprint density at radius 2 is 2.00 bits per heavy atom. The number of hydrogen-bond acceptors (Lipinski definition) is 3. The summed E-state index contributed by atoms with van der Waals surface area (Å²) in [6, 6.07) is 4.71. The van der Waals surface area contributed by atoms with E-state index in [-0.39, 0.29) is 5.41 Å². The van der Waals surface area contributed by atoms with Crippen molar-refractivity contribution >= 4 is 0 Å². The van der Waals surface area contributed by atoms with Gasteiger partial charge in [0.2, 0.25) is 5.88 Å². The molecule has 2 rings (SSSR count). The maximum atomic E-state index is 5.80. The van der Waals surface area contributed by atoms with Gasteiger partial charge in [-0.2, -0.15) is 0 Å². The van der Waals surface area contributed by atoms with Crippen LogP contribution in [0, 0.1) is 0 Å². The molecule has 1 aliphatic carbocycles. The Labute approximate surface area is 104 Å². The van der Waals surface area contributed by atoms with E-state index in [0.29, 0.717) is 12.1 Å². The first kappa shape index (κ1) is 12.4. The van der Waals surface area contributed by atoms with Crippen LogP contribution in [0.5, 0.6) is 5.88 Å². The lowest BCUT2D eigenvalue weighted by molar-refractivity contribution is 0.0838. The maximum absolute atomic E-state index is 5.80. The number of nitrogens with zero attached hydrogens (tertiary/aromatic N) is 1. The Bertz CT molecular complexity index is 361. The highest BCUT2D eigenvalue weighted by Crippen LogP contribution is 2.26. The third kappa shape index (κ3) is 2.97. The zero-order chi connectivity index (χ0) is 12.5. The lowest BCUT2D eigenvalue weighted by Gasteiger charge is -2.34. The molecule has 0 bridgehead atoms. The standard InChI is InChI=1S/C14H22N2O/c1-14(2,3)10-5-6-13(16-9-10)17-12-7-11(8-12)15-4/h5-6,9,11-12,15H,7-8H2,1-4H3. The van der Waals surface area contributed by atoms with E-state index < -0.39 is 0 Å². The van der Waals surface area contributed by atoms with Crippen LogP contribution in [0.4, 0.5) is 0 Å². The SMILES string of the molecule is CNC1CC(Oc2ccc(C(C)(C)C)cn2)C1. The van der Waals surface area contributed by atoms with Crippen LogP contribution in [0.25, 0.3) is 0 Å². The molecule has 1 aromatic rings. The van der Waals surface area contributed by atoms with E-state index in [9.17, 15) is 0 Å². The molecular formula is C14H22N2O. The van der Waals surface area contributed by atoms with E-state index >= 15 is 0 Å². The molecule has 0 aromatic carbocycles. The van der Waals surface area contributed by atoms with Gasteiger partial charge < -0.3 is 10.1 Å². The smallest absolute Gasteiger partial charge is 0.213 e. The second-order valence-corrected chi connectivity index (χ2v) is 5.83. The van der Waals surface area contributed by atoms with Crippen molar-refractivity contribution in [1.29, 1.82) is 0 Å². The molecule has 3 heteroatoms. The Morgan fingerprint density at radius 3 is 2.47 bits per heavy atom. The highest BCUT2D eigenvalue weighted by atomic mass is 16.5. The lowest BCUT2D eigenvalue weighted by atomic mass is 9.88. The fourth-order valence-corrected chi connectivity index (χ4v) is 1.96. The molecule has 1 saturated carbocycles. The topological polar surface area (TPSA) is 34.1 Å². The number of aromatic nitrogens is 1. The summed E-state index contributed by atoms with van der Waals surface area (Å²) >= 11 is 0. The van der Waals surface area contributed by atoms with Gasteiger partial charge in [-0.15, -0.1) is 0 Å². The lowest BCUT2D eigenvalue weighted by Crippen LogP contribution is -2.45. The zero-order valence-corrected chi connectivity index (χ0v) is 11.2. The van der Waals surface area contributed by atoms with Crippen LogP contribution in [0.2, 0.25) is 0 Å². The second-order valence-electron chi connectivity index (χ2n) is 5.83. The fraction of sp³-hybridized carbons (Fsp3) is 0.643. The molecule has 3 nitrogen and oxygen atoms in total. The molecule has 17 heavy (non-hydrogen) atoms. The Morgan fingerprint density at radius 1 is 1.29 bits per heavy atom. The minimum Gasteiger partial charge on any atom is -0.474 e. The van der Waals surface area contributed by atoms with Crippen LogP contribution in [0.15, 0.2) is 18.3 Å². The largest absolute Gasteiger partial charge is 0.474 e. The van der Waals surface area contributed by atoms with E-state index in [1.165, 1.54) is 5.56 Å². The van der Waals surface area contributed by atoms with Crippen molar-refractivity contribution in [1.82, 2.24) is 10.3 Å². The molecule has 0 saturated heterocycles. The summed E-state index contributed by atoms with van der Waals surface area (Å²) in [5.74, 6) is 0.748. The summed E-state index contributed by atoms with van der Waals surface area (Å²) in [7, 11) is 2.00. The minimum atomic E-state index is 0.152. The van der Waals surface area contributed by atoms with Crippen molar-refractivity contribution in [3.63, 3.8) is 0 Å². The zero-order valence-electron chi connectivity index (χ0n) is 11.2. The molecule has 1 heterocycles. The van der Waals surface area contributed by atoms with Crippen LogP contribution >= 0.6 is 0 Å². The average molecular weight is 234 g/mol. The summed E-state index contributed by atoms with van der Waals surface area (Å²) in [6.07, 6.45) is 4.42. The first-order chi connectivity index (χ1) is 7.99.